The number of morpholine rings is 1. The van der Waals surface area contributed by atoms with E-state index in [2.05, 4.69) is 14.9 Å². The van der Waals surface area contributed by atoms with Crippen molar-refractivity contribution in [3.8, 4) is 22.9 Å². The third-order valence-corrected chi connectivity index (χ3v) is 16.3. The first-order valence-corrected chi connectivity index (χ1v) is 25.7. The summed E-state index contributed by atoms with van der Waals surface area (Å²) in [6, 6.07) is 12.6. The van der Waals surface area contributed by atoms with E-state index >= 15 is 0 Å². The molecule has 16 nitrogen and oxygen atoms in total. The minimum atomic E-state index is -4.92. The number of ether oxygens (including phenoxy) is 4. The molecular formula is C51H65F3N6O10S. The average molecular weight is 1010 g/mol. The second-order valence-corrected chi connectivity index (χ2v) is 22.2. The summed E-state index contributed by atoms with van der Waals surface area (Å²) in [6.45, 7) is 9.29. The lowest BCUT2D eigenvalue weighted by Gasteiger charge is -2.33. The molecule has 0 bridgehead atoms. The molecule has 2 aliphatic heterocycles. The number of primary amides is 1. The smallest absolute Gasteiger partial charge is 0.427 e. The van der Waals surface area contributed by atoms with Crippen LogP contribution in [0.25, 0.3) is 22.0 Å². The Hall–Kier alpha value is -5.89. The summed E-state index contributed by atoms with van der Waals surface area (Å²) in [7, 11) is -2.23. The number of nitrogens with zero attached hydrogens (tertiary/aromatic N) is 3. The number of nitrogens with one attached hydrogen (secondary N) is 2. The number of anilines is 1. The van der Waals surface area contributed by atoms with Gasteiger partial charge in [0.1, 0.15) is 23.9 Å². The Balaban J connectivity index is 1.08. The highest BCUT2D eigenvalue weighted by Crippen LogP contribution is 2.43. The molecule has 1 aromatic heterocycles. The van der Waals surface area contributed by atoms with Crippen molar-refractivity contribution in [1.29, 1.82) is 0 Å². The second-order valence-electron chi connectivity index (χ2n) is 20.0. The Labute approximate surface area is 412 Å². The standard InChI is InChI=1S/C51H65F3N6O10S/c1-31(10-7-8-11-33-12-9-13-39(33)45(62)58-71(65,66)50(5)20-21-50)26-32(2)43(57-48(64)70-49(3,4)51(52,53)54)47(63)60-30-38(29-42(60)44(55)61)69-46-40-19-18-37(67-6)27-35(40)28-41(56-46)34-14-16-36(17-15-34)59-22-24-68-25-23-59/h8,11,14-19,27-28,31-32,38,42-43H,7,9-10,12-13,20-26,29-30H2,1-6H3,(H2,55,61)(H,57,64)(H,58,62)/b11-8-/t31-,32-,38-,42+,43+/m1/s1. The molecule has 0 radical (unpaired) electrons. The predicted molar refractivity (Wildman–Crippen MR) is 261 cm³/mol. The molecule has 2 aromatic carbocycles. The first kappa shape index (κ1) is 52.9. The van der Waals surface area contributed by atoms with Crippen molar-refractivity contribution in [3.05, 3.63) is 71.8 Å². The molecule has 4 amide bonds. The van der Waals surface area contributed by atoms with E-state index in [4.69, 9.17) is 29.7 Å². The molecule has 0 unspecified atom stereocenters. The number of benzene rings is 2. The summed E-state index contributed by atoms with van der Waals surface area (Å²) in [5, 5.41) is 3.79. The summed E-state index contributed by atoms with van der Waals surface area (Å²) < 4.78 is 90.8. The highest BCUT2D eigenvalue weighted by Gasteiger charge is 2.52. The van der Waals surface area contributed by atoms with Crippen LogP contribution >= 0.6 is 0 Å². The molecule has 5 atom stereocenters. The zero-order valence-corrected chi connectivity index (χ0v) is 41.9. The highest BCUT2D eigenvalue weighted by molar-refractivity contribution is 7.91. The number of hydrogen-bond acceptors (Lipinski definition) is 12. The Morgan fingerprint density at radius 1 is 1.03 bits per heavy atom. The van der Waals surface area contributed by atoms with Gasteiger partial charge in [0, 0.05) is 41.7 Å². The fourth-order valence-corrected chi connectivity index (χ4v) is 10.6. The molecule has 4 aliphatic rings. The van der Waals surface area contributed by atoms with Crippen LogP contribution in [0.3, 0.4) is 0 Å². The van der Waals surface area contributed by atoms with Crippen molar-refractivity contribution in [2.24, 2.45) is 17.6 Å². The summed E-state index contributed by atoms with van der Waals surface area (Å²) in [5.41, 5.74) is 6.67. The van der Waals surface area contributed by atoms with Gasteiger partial charge in [0.05, 0.1) is 37.3 Å². The first-order valence-electron chi connectivity index (χ1n) is 24.2. The largest absolute Gasteiger partial charge is 0.497 e. The van der Waals surface area contributed by atoms with Gasteiger partial charge in [-0.15, -0.1) is 0 Å². The number of aromatic nitrogens is 1. The number of pyridine rings is 1. The van der Waals surface area contributed by atoms with Crippen LogP contribution in [0.5, 0.6) is 11.6 Å². The van der Waals surface area contributed by atoms with Gasteiger partial charge in [0.2, 0.25) is 33.3 Å². The number of halogens is 3. The van der Waals surface area contributed by atoms with Crippen LogP contribution in [0.15, 0.2) is 71.8 Å². The van der Waals surface area contributed by atoms with E-state index in [1.807, 2.05) is 55.5 Å². The fraction of sp³-hybridized carbons (Fsp3) is 0.549. The van der Waals surface area contributed by atoms with Gasteiger partial charge in [-0.25, -0.2) is 22.9 Å². The maximum absolute atomic E-state index is 14.7. The van der Waals surface area contributed by atoms with E-state index in [9.17, 15) is 40.8 Å². The minimum absolute atomic E-state index is 0.0384. The predicted octanol–water partition coefficient (Wildman–Crippen LogP) is 7.49. The monoisotopic (exact) mass is 1010 g/mol. The number of likely N-dealkylation sites (tertiary alicyclic amines) is 1. The number of allylic oxidation sites excluding steroid dienone is 3. The number of alkyl carbamates (subject to hydrolysis) is 1. The number of nitrogens with two attached hydrogens (primary N) is 1. The van der Waals surface area contributed by atoms with E-state index in [1.54, 1.807) is 33.1 Å². The molecule has 2 saturated heterocycles. The van der Waals surface area contributed by atoms with Crippen LogP contribution in [-0.2, 0) is 33.9 Å². The maximum Gasteiger partial charge on any atom is 0.427 e. The molecule has 0 spiro atoms. The fourth-order valence-electron chi connectivity index (χ4n) is 9.32. The van der Waals surface area contributed by atoms with Crippen molar-refractivity contribution in [3.63, 3.8) is 0 Å². The second kappa shape index (κ2) is 21.4. The Morgan fingerprint density at radius 3 is 2.38 bits per heavy atom. The van der Waals surface area contributed by atoms with Crippen LogP contribution in [0, 0.1) is 11.8 Å². The summed E-state index contributed by atoms with van der Waals surface area (Å²) >= 11 is 0. The lowest BCUT2D eigenvalue weighted by Crippen LogP contribution is -2.56. The van der Waals surface area contributed by atoms with E-state index in [0.717, 1.165) is 35.3 Å². The van der Waals surface area contributed by atoms with E-state index in [0.29, 0.717) is 101 Å². The van der Waals surface area contributed by atoms with Gasteiger partial charge in [0.15, 0.2) is 0 Å². The minimum Gasteiger partial charge on any atom is -0.497 e. The number of methoxy groups -OCH3 is 1. The number of sulfonamides is 1. The van der Waals surface area contributed by atoms with Crippen LogP contribution < -0.4 is 30.1 Å². The van der Waals surface area contributed by atoms with Crippen molar-refractivity contribution in [2.45, 2.75) is 127 Å². The van der Waals surface area contributed by atoms with Crippen LogP contribution in [-0.4, -0.2) is 117 Å². The molecular weight excluding hydrogens is 946 g/mol. The lowest BCUT2D eigenvalue weighted by atomic mass is 9.88. The topological polar surface area (TPSA) is 209 Å². The first-order chi connectivity index (χ1) is 33.5. The molecule has 1 saturated carbocycles. The van der Waals surface area contributed by atoms with Crippen molar-refractivity contribution in [2.75, 3.05) is 44.9 Å². The van der Waals surface area contributed by atoms with E-state index in [-0.39, 0.29) is 24.8 Å². The molecule has 2 aliphatic carbocycles. The third-order valence-electron chi connectivity index (χ3n) is 14.1. The molecule has 3 heterocycles. The quantitative estimate of drug-likeness (QED) is 0.107. The lowest BCUT2D eigenvalue weighted by molar-refractivity contribution is -0.244. The van der Waals surface area contributed by atoms with Crippen LogP contribution in [0.1, 0.15) is 92.4 Å². The molecule has 7 rings (SSSR count). The number of fused-ring (bicyclic) bond motifs is 1. The van der Waals surface area contributed by atoms with Gasteiger partial charge < -0.3 is 39.8 Å². The third kappa shape index (κ3) is 12.4. The van der Waals surface area contributed by atoms with Gasteiger partial charge >= 0.3 is 12.3 Å². The highest BCUT2D eigenvalue weighted by atomic mass is 32.2. The number of alkyl halides is 3. The van der Waals surface area contributed by atoms with Gasteiger partial charge in [-0.2, -0.15) is 13.2 Å². The van der Waals surface area contributed by atoms with Gasteiger partial charge in [-0.3, -0.25) is 14.4 Å². The van der Waals surface area contributed by atoms with Gasteiger partial charge in [0.25, 0.3) is 5.91 Å². The van der Waals surface area contributed by atoms with Crippen LogP contribution in [0.2, 0.25) is 0 Å². The average Bonchev–Trinajstić information content (AvgIpc) is 3.69. The molecule has 20 heteroatoms. The Bertz CT molecular complexity index is 2650. The SMILES string of the molecule is COc1ccc2c(O[C@@H]3C[C@@H](C(N)=O)N(C(=O)[C@@H](NC(=O)OC(C)(C)C(F)(F)F)[C@H](C)C[C@H](C)CC/C=C\C4=C(C(=O)NS(=O)(=O)C5(C)CC5)CCC4)C3)nc(-c3ccc(N4CCOCC4)cc3)cc2c1. The molecule has 71 heavy (non-hydrogen) atoms. The summed E-state index contributed by atoms with van der Waals surface area (Å²) in [5.74, 6) is -2.16. The Morgan fingerprint density at radius 2 is 1.73 bits per heavy atom. The normalized spacial score (nSPS) is 20.7. The zero-order valence-electron chi connectivity index (χ0n) is 41.1. The zero-order chi connectivity index (χ0) is 51.5. The maximum atomic E-state index is 14.7. The summed E-state index contributed by atoms with van der Waals surface area (Å²) in [4.78, 5) is 62.5. The van der Waals surface area contributed by atoms with Gasteiger partial charge in [-0.05, 0) is 131 Å². The number of carbonyl (C=O) groups is 4. The number of hydrogen-bond donors (Lipinski definition) is 3. The Kier molecular flexibility index (Phi) is 16.0. The van der Waals surface area contributed by atoms with Crippen molar-refractivity contribution < 1.29 is 59.7 Å². The van der Waals surface area contributed by atoms with E-state index in [1.165, 1.54) is 4.90 Å². The number of rotatable bonds is 19. The van der Waals surface area contributed by atoms with Gasteiger partial charge in [-0.1, -0.05) is 38.1 Å². The number of amides is 4. The van der Waals surface area contributed by atoms with Crippen molar-refractivity contribution in [1.82, 2.24) is 19.9 Å². The molecule has 386 valence electrons. The molecule has 3 fully saturated rings. The molecule has 3 aromatic rings. The summed E-state index contributed by atoms with van der Waals surface area (Å²) in [6.07, 6.45) is 0.710. The van der Waals surface area contributed by atoms with Crippen molar-refractivity contribution >= 4 is 50.3 Å². The number of carbonyl (C=O) groups excluding carboxylic acids is 4. The van der Waals surface area contributed by atoms with Crippen LogP contribution in [0.4, 0.5) is 23.7 Å². The van der Waals surface area contributed by atoms with E-state index < -0.39 is 74.5 Å². The molecule has 4 N–H and O–H groups in total.